The van der Waals surface area contributed by atoms with Crippen LogP contribution in [-0.2, 0) is 20.1 Å². The number of benzene rings is 1. The Bertz CT molecular complexity index is 1710. The molecule has 3 aromatic heterocycles. The number of anilines is 1. The molecule has 0 aliphatic carbocycles. The van der Waals surface area contributed by atoms with Crippen LogP contribution in [-0.4, -0.2) is 47.7 Å². The van der Waals surface area contributed by atoms with Gasteiger partial charge in [0.1, 0.15) is 0 Å². The highest BCUT2D eigenvalue weighted by atomic mass is 16.6. The van der Waals surface area contributed by atoms with Gasteiger partial charge in [-0.15, -0.1) is 0 Å². The summed E-state index contributed by atoms with van der Waals surface area (Å²) in [6, 6.07) is 6.25. The molecule has 0 bridgehead atoms. The second kappa shape index (κ2) is 9.86. The molecule has 12 nitrogen and oxygen atoms in total. The molecule has 4 aromatic rings. The lowest BCUT2D eigenvalue weighted by atomic mass is 10.1. The van der Waals surface area contributed by atoms with Gasteiger partial charge in [0.15, 0.2) is 11.2 Å². The average molecular weight is 519 g/mol. The van der Waals surface area contributed by atoms with E-state index in [0.29, 0.717) is 46.7 Å². The number of imidazole rings is 1. The quantitative estimate of drug-likeness (QED) is 0.232. The number of nitro groups is 1. The van der Waals surface area contributed by atoms with Crippen LogP contribution in [0.1, 0.15) is 32.4 Å². The third-order valence-corrected chi connectivity index (χ3v) is 7.01. The van der Waals surface area contributed by atoms with Crippen LogP contribution in [0.15, 0.2) is 51.7 Å². The molecule has 0 spiro atoms. The summed E-state index contributed by atoms with van der Waals surface area (Å²) in [7, 11) is 1.59. The average Bonchev–Trinajstić information content (AvgIpc) is 3.28. The summed E-state index contributed by atoms with van der Waals surface area (Å²) >= 11 is 0. The van der Waals surface area contributed by atoms with Crippen molar-refractivity contribution in [3.05, 3.63) is 78.8 Å². The fraction of sp³-hybridized carbons (Fsp3) is 0.385. The molecule has 0 radical (unpaired) electrons. The zero-order chi connectivity index (χ0) is 27.1. The lowest BCUT2D eigenvalue weighted by Crippen LogP contribution is -2.44. The van der Waals surface area contributed by atoms with E-state index in [1.807, 2.05) is 24.5 Å². The van der Waals surface area contributed by atoms with Gasteiger partial charge in [-0.1, -0.05) is 23.8 Å². The van der Waals surface area contributed by atoms with E-state index in [4.69, 9.17) is 10.7 Å². The molecule has 4 heterocycles. The van der Waals surface area contributed by atoms with Crippen LogP contribution in [0.4, 0.5) is 11.6 Å². The number of aryl methyl sites for hydroxylation is 1. The van der Waals surface area contributed by atoms with Crippen LogP contribution in [0, 0.1) is 10.1 Å². The summed E-state index contributed by atoms with van der Waals surface area (Å²) in [6.45, 7) is 5.60. The monoisotopic (exact) mass is 518 g/mol. The number of hydrogen-bond donors (Lipinski definition) is 1. The van der Waals surface area contributed by atoms with Gasteiger partial charge >= 0.3 is 5.69 Å². The van der Waals surface area contributed by atoms with Gasteiger partial charge in [-0.2, -0.15) is 4.98 Å². The van der Waals surface area contributed by atoms with Crippen LogP contribution in [0.2, 0.25) is 0 Å². The molecule has 0 saturated carbocycles. The van der Waals surface area contributed by atoms with Gasteiger partial charge < -0.3 is 15.2 Å². The van der Waals surface area contributed by atoms with Crippen LogP contribution in [0.3, 0.4) is 0 Å². The lowest BCUT2D eigenvalue weighted by Gasteiger charge is -2.31. The van der Waals surface area contributed by atoms with Crippen molar-refractivity contribution in [1.29, 1.82) is 0 Å². The van der Waals surface area contributed by atoms with Crippen molar-refractivity contribution in [2.24, 2.45) is 12.8 Å². The second-order valence-electron chi connectivity index (χ2n) is 9.94. The van der Waals surface area contributed by atoms with Crippen LogP contribution < -0.4 is 21.9 Å². The zero-order valence-corrected chi connectivity index (χ0v) is 21.6. The number of nitro benzene ring substituents is 1. The molecule has 1 atom stereocenters. The van der Waals surface area contributed by atoms with Crippen molar-refractivity contribution in [2.75, 3.05) is 18.0 Å². The van der Waals surface area contributed by atoms with Crippen LogP contribution in [0.25, 0.3) is 21.9 Å². The maximum Gasteiger partial charge on any atom is 0.332 e. The number of piperidine rings is 1. The Labute approximate surface area is 217 Å². The fourth-order valence-electron chi connectivity index (χ4n) is 5.07. The minimum Gasteiger partial charge on any atom is -0.341 e. The third kappa shape index (κ3) is 4.36. The number of rotatable bonds is 6. The molecule has 1 aliphatic heterocycles. The van der Waals surface area contributed by atoms with Gasteiger partial charge in [0, 0.05) is 50.4 Å². The van der Waals surface area contributed by atoms with Gasteiger partial charge in [-0.05, 0) is 32.8 Å². The molecule has 1 aromatic carbocycles. The van der Waals surface area contributed by atoms with E-state index in [1.165, 1.54) is 16.8 Å². The first kappa shape index (κ1) is 25.3. The number of aromatic nitrogens is 5. The molecule has 1 fully saturated rings. The van der Waals surface area contributed by atoms with Crippen molar-refractivity contribution < 1.29 is 4.92 Å². The largest absolute Gasteiger partial charge is 0.341 e. The molecule has 38 heavy (non-hydrogen) atoms. The van der Waals surface area contributed by atoms with Gasteiger partial charge in [0.2, 0.25) is 5.95 Å². The van der Waals surface area contributed by atoms with E-state index < -0.39 is 16.2 Å². The molecule has 1 aliphatic rings. The van der Waals surface area contributed by atoms with E-state index in [1.54, 1.807) is 25.2 Å². The number of nitrogens with zero attached hydrogens (tertiary/aromatic N) is 7. The number of fused-ring (bicyclic) bond motifs is 2. The predicted molar refractivity (Wildman–Crippen MR) is 146 cm³/mol. The first-order chi connectivity index (χ1) is 18.2. The number of hydrogen-bond acceptors (Lipinski definition) is 8. The Balaban J connectivity index is 1.72. The van der Waals surface area contributed by atoms with Crippen molar-refractivity contribution in [2.45, 2.75) is 45.8 Å². The maximum absolute atomic E-state index is 13.9. The number of nitrogens with two attached hydrogens (primary N) is 1. The Kier molecular flexibility index (Phi) is 6.57. The number of allylic oxidation sites excluding steroid dienone is 2. The third-order valence-electron chi connectivity index (χ3n) is 7.01. The van der Waals surface area contributed by atoms with E-state index in [-0.39, 0.29) is 18.3 Å². The number of pyridine rings is 1. The fourth-order valence-corrected chi connectivity index (χ4v) is 5.07. The molecule has 0 amide bonds. The summed E-state index contributed by atoms with van der Waals surface area (Å²) in [5.74, 6) is 0.608. The van der Waals surface area contributed by atoms with Crippen molar-refractivity contribution >= 4 is 33.6 Å². The van der Waals surface area contributed by atoms with Gasteiger partial charge in [0.05, 0.1) is 22.5 Å². The highest BCUT2D eigenvalue weighted by molar-refractivity contribution is 5.92. The molecular formula is C26H30N8O4. The van der Waals surface area contributed by atoms with Gasteiger partial charge in [0.25, 0.3) is 11.2 Å². The Morgan fingerprint density at radius 1 is 1.21 bits per heavy atom. The van der Waals surface area contributed by atoms with Crippen LogP contribution >= 0.6 is 0 Å². The molecule has 1 saturated heterocycles. The topological polar surface area (TPSA) is 147 Å². The van der Waals surface area contributed by atoms with Crippen molar-refractivity contribution in [3.8, 4) is 0 Å². The second-order valence-corrected chi connectivity index (χ2v) is 9.94. The predicted octanol–water partition coefficient (Wildman–Crippen LogP) is 2.30. The van der Waals surface area contributed by atoms with Crippen LogP contribution in [0.5, 0.6) is 0 Å². The summed E-state index contributed by atoms with van der Waals surface area (Å²) in [6.07, 6.45) is 5.30. The standard InChI is InChI=1S/C26H30N8O4/c1-16(2)10-13-32-22-23(29-25(32)31-12-5-6-17(27)14-31)30(3)26(36)33(24(22)35)15-20-18-7-4-8-21(34(37)38)19(18)9-11-28-20/h4,7-11,17H,5-6,12-15,27H2,1-3H3. The Morgan fingerprint density at radius 2 is 2.00 bits per heavy atom. The van der Waals surface area contributed by atoms with Crippen molar-refractivity contribution in [1.82, 2.24) is 23.7 Å². The minimum atomic E-state index is -0.541. The normalized spacial score (nSPS) is 15.8. The molecule has 2 N–H and O–H groups in total. The van der Waals surface area contributed by atoms with E-state index in [9.17, 15) is 19.7 Å². The summed E-state index contributed by atoms with van der Waals surface area (Å²) in [4.78, 5) is 49.7. The van der Waals surface area contributed by atoms with E-state index in [2.05, 4.69) is 9.88 Å². The molecule has 5 rings (SSSR count). The number of non-ortho nitro benzene ring substituents is 1. The minimum absolute atomic E-state index is 0.00226. The first-order valence-corrected chi connectivity index (χ1v) is 12.5. The highest BCUT2D eigenvalue weighted by Gasteiger charge is 2.26. The Morgan fingerprint density at radius 3 is 2.71 bits per heavy atom. The van der Waals surface area contributed by atoms with E-state index in [0.717, 1.165) is 29.5 Å². The van der Waals surface area contributed by atoms with E-state index >= 15 is 0 Å². The van der Waals surface area contributed by atoms with Gasteiger partial charge in [-0.25, -0.2) is 4.79 Å². The molecule has 12 heteroatoms. The summed E-state index contributed by atoms with van der Waals surface area (Å²) < 4.78 is 4.34. The van der Waals surface area contributed by atoms with Crippen molar-refractivity contribution in [3.63, 3.8) is 0 Å². The lowest BCUT2D eigenvalue weighted by molar-refractivity contribution is -0.383. The highest BCUT2D eigenvalue weighted by Crippen LogP contribution is 2.27. The molecule has 198 valence electrons. The smallest absolute Gasteiger partial charge is 0.332 e. The maximum atomic E-state index is 13.9. The molecule has 1 unspecified atom stereocenters. The summed E-state index contributed by atoms with van der Waals surface area (Å²) in [5.41, 5.74) is 7.23. The first-order valence-electron chi connectivity index (χ1n) is 12.5. The Hall–Kier alpha value is -4.32. The summed E-state index contributed by atoms with van der Waals surface area (Å²) in [5, 5.41) is 12.4. The zero-order valence-electron chi connectivity index (χ0n) is 21.6. The SMILES string of the molecule is CC(C)=CCn1c(N2CCCC(N)C2)nc2c1c(=O)n(Cc1nccc3c([N+](=O)[O-])cccc13)c(=O)n2C. The molecular weight excluding hydrogens is 488 g/mol. The van der Waals surface area contributed by atoms with Gasteiger partial charge in [-0.3, -0.25) is 29.0 Å².